The summed E-state index contributed by atoms with van der Waals surface area (Å²) in [6.45, 7) is 0. The number of aliphatic carboxylic acids is 1. The third-order valence-electron chi connectivity index (χ3n) is 3.85. The molecule has 3 aromatic rings. The standard InChI is InChI=1S/C19H16N2O3/c22-18(14-8-10-20-11-9-14)21-17(19(23)24)12-15-6-3-5-13-4-1-2-7-16(13)15/h1-11,17H,12H2,(H,21,22)(H,23,24)/t17-/m1/s1. The molecule has 1 heterocycles. The molecular weight excluding hydrogens is 304 g/mol. The number of aromatic nitrogens is 1. The van der Waals surface area contributed by atoms with Crippen molar-refractivity contribution in [3.63, 3.8) is 0 Å². The Balaban J connectivity index is 1.84. The maximum absolute atomic E-state index is 12.2. The number of carbonyl (C=O) groups is 2. The van der Waals surface area contributed by atoms with E-state index in [1.807, 2.05) is 42.5 Å². The lowest BCUT2D eigenvalue weighted by Crippen LogP contribution is -2.42. The van der Waals surface area contributed by atoms with Crippen molar-refractivity contribution < 1.29 is 14.7 Å². The number of carboxylic acid groups (broad SMARTS) is 1. The largest absolute Gasteiger partial charge is 0.480 e. The van der Waals surface area contributed by atoms with Gasteiger partial charge >= 0.3 is 5.97 Å². The van der Waals surface area contributed by atoms with Crippen LogP contribution < -0.4 is 5.32 Å². The lowest BCUT2D eigenvalue weighted by molar-refractivity contribution is -0.139. The topological polar surface area (TPSA) is 79.3 Å². The van der Waals surface area contributed by atoms with Gasteiger partial charge in [0, 0.05) is 24.4 Å². The maximum atomic E-state index is 12.2. The van der Waals surface area contributed by atoms with Gasteiger partial charge in [0.1, 0.15) is 6.04 Å². The average Bonchev–Trinajstić information content (AvgIpc) is 2.62. The van der Waals surface area contributed by atoms with E-state index < -0.39 is 17.9 Å². The molecule has 0 spiro atoms. The number of hydrogen-bond donors (Lipinski definition) is 2. The molecule has 5 nitrogen and oxygen atoms in total. The van der Waals surface area contributed by atoms with Crippen LogP contribution in [-0.4, -0.2) is 28.0 Å². The lowest BCUT2D eigenvalue weighted by atomic mass is 9.98. The van der Waals surface area contributed by atoms with Crippen LogP contribution in [0.25, 0.3) is 10.8 Å². The highest BCUT2D eigenvalue weighted by Gasteiger charge is 2.21. The molecule has 0 bridgehead atoms. The van der Waals surface area contributed by atoms with Crippen LogP contribution >= 0.6 is 0 Å². The Labute approximate surface area is 139 Å². The summed E-state index contributed by atoms with van der Waals surface area (Å²) in [7, 11) is 0. The highest BCUT2D eigenvalue weighted by molar-refractivity contribution is 5.96. The third-order valence-corrected chi connectivity index (χ3v) is 3.85. The maximum Gasteiger partial charge on any atom is 0.326 e. The van der Waals surface area contributed by atoms with Crippen molar-refractivity contribution in [3.8, 4) is 0 Å². The molecule has 1 aromatic heterocycles. The Morgan fingerprint density at radius 2 is 1.71 bits per heavy atom. The first-order chi connectivity index (χ1) is 11.6. The van der Waals surface area contributed by atoms with Crippen LogP contribution in [0.2, 0.25) is 0 Å². The van der Waals surface area contributed by atoms with Crippen molar-refractivity contribution in [2.24, 2.45) is 0 Å². The Bertz CT molecular complexity index is 873. The summed E-state index contributed by atoms with van der Waals surface area (Å²) in [5.74, 6) is -1.49. The van der Waals surface area contributed by atoms with Gasteiger partial charge in [0.2, 0.25) is 0 Å². The number of benzene rings is 2. The van der Waals surface area contributed by atoms with Gasteiger partial charge in [0.25, 0.3) is 5.91 Å². The van der Waals surface area contributed by atoms with Gasteiger partial charge in [-0.3, -0.25) is 9.78 Å². The molecule has 0 aliphatic carbocycles. The molecule has 3 rings (SSSR count). The number of nitrogens with one attached hydrogen (secondary N) is 1. The van der Waals surface area contributed by atoms with Crippen LogP contribution in [0, 0.1) is 0 Å². The molecule has 24 heavy (non-hydrogen) atoms. The Morgan fingerprint density at radius 3 is 2.46 bits per heavy atom. The summed E-state index contributed by atoms with van der Waals surface area (Å²) < 4.78 is 0. The van der Waals surface area contributed by atoms with Crippen molar-refractivity contribution in [1.29, 1.82) is 0 Å². The molecule has 0 fully saturated rings. The molecule has 0 radical (unpaired) electrons. The first-order valence-electron chi connectivity index (χ1n) is 7.55. The fraction of sp³-hybridized carbons (Fsp3) is 0.105. The normalized spacial score (nSPS) is 11.8. The molecule has 5 heteroatoms. The molecule has 0 unspecified atom stereocenters. The van der Waals surface area contributed by atoms with Crippen LogP contribution in [0.15, 0.2) is 67.0 Å². The number of amides is 1. The fourth-order valence-electron chi connectivity index (χ4n) is 2.64. The van der Waals surface area contributed by atoms with E-state index in [9.17, 15) is 14.7 Å². The van der Waals surface area contributed by atoms with E-state index in [0.717, 1.165) is 16.3 Å². The molecule has 0 saturated heterocycles. The number of pyridine rings is 1. The Morgan fingerprint density at radius 1 is 1.00 bits per heavy atom. The molecule has 0 aliphatic rings. The zero-order valence-corrected chi connectivity index (χ0v) is 12.8. The zero-order valence-electron chi connectivity index (χ0n) is 12.8. The monoisotopic (exact) mass is 320 g/mol. The average molecular weight is 320 g/mol. The Kier molecular flexibility index (Phi) is 4.52. The van der Waals surface area contributed by atoms with Crippen LogP contribution in [0.5, 0.6) is 0 Å². The van der Waals surface area contributed by atoms with Gasteiger partial charge in [-0.05, 0) is 28.5 Å². The number of carboxylic acids is 1. The number of fused-ring (bicyclic) bond motifs is 1. The minimum Gasteiger partial charge on any atom is -0.480 e. The second kappa shape index (κ2) is 6.91. The minimum atomic E-state index is -1.06. The van der Waals surface area contributed by atoms with Crippen molar-refractivity contribution in [2.45, 2.75) is 12.5 Å². The highest BCUT2D eigenvalue weighted by atomic mass is 16.4. The smallest absolute Gasteiger partial charge is 0.326 e. The summed E-state index contributed by atoms with van der Waals surface area (Å²) in [5.41, 5.74) is 1.27. The third kappa shape index (κ3) is 3.41. The van der Waals surface area contributed by atoms with Gasteiger partial charge in [0.15, 0.2) is 0 Å². The molecule has 0 aliphatic heterocycles. The van der Waals surface area contributed by atoms with E-state index in [0.29, 0.717) is 5.56 Å². The fourth-order valence-corrected chi connectivity index (χ4v) is 2.64. The van der Waals surface area contributed by atoms with Gasteiger partial charge in [-0.2, -0.15) is 0 Å². The van der Waals surface area contributed by atoms with Crippen molar-refractivity contribution in [2.75, 3.05) is 0 Å². The van der Waals surface area contributed by atoms with Gasteiger partial charge in [-0.25, -0.2) is 4.79 Å². The summed E-state index contributed by atoms with van der Waals surface area (Å²) in [6.07, 6.45) is 3.21. The van der Waals surface area contributed by atoms with Crippen LogP contribution in [-0.2, 0) is 11.2 Å². The summed E-state index contributed by atoms with van der Waals surface area (Å²) >= 11 is 0. The molecule has 1 amide bonds. The van der Waals surface area contributed by atoms with E-state index in [4.69, 9.17) is 0 Å². The first-order valence-corrected chi connectivity index (χ1v) is 7.55. The predicted octanol–water partition coefficient (Wildman–Crippen LogP) is 2.66. The second-order valence-corrected chi connectivity index (χ2v) is 5.44. The van der Waals surface area contributed by atoms with E-state index in [1.54, 1.807) is 12.1 Å². The van der Waals surface area contributed by atoms with Crippen molar-refractivity contribution in [3.05, 3.63) is 78.1 Å². The van der Waals surface area contributed by atoms with E-state index >= 15 is 0 Å². The van der Waals surface area contributed by atoms with E-state index in [1.165, 1.54) is 12.4 Å². The highest BCUT2D eigenvalue weighted by Crippen LogP contribution is 2.20. The van der Waals surface area contributed by atoms with Gasteiger partial charge in [-0.15, -0.1) is 0 Å². The summed E-state index contributed by atoms with van der Waals surface area (Å²) in [4.78, 5) is 27.6. The summed E-state index contributed by atoms with van der Waals surface area (Å²) in [5, 5.41) is 14.1. The SMILES string of the molecule is O=C(N[C@H](Cc1cccc2ccccc12)C(=O)O)c1ccncc1. The first kappa shape index (κ1) is 15.7. The molecule has 1 atom stereocenters. The number of nitrogens with zero attached hydrogens (tertiary/aromatic N) is 1. The van der Waals surface area contributed by atoms with Gasteiger partial charge in [0.05, 0.1) is 0 Å². The lowest BCUT2D eigenvalue weighted by Gasteiger charge is -2.16. The van der Waals surface area contributed by atoms with Crippen LogP contribution in [0.4, 0.5) is 0 Å². The molecular formula is C19H16N2O3. The van der Waals surface area contributed by atoms with E-state index in [2.05, 4.69) is 10.3 Å². The van der Waals surface area contributed by atoms with Crippen molar-refractivity contribution in [1.82, 2.24) is 10.3 Å². The summed E-state index contributed by atoms with van der Waals surface area (Å²) in [6, 6.07) is 15.6. The van der Waals surface area contributed by atoms with Gasteiger partial charge < -0.3 is 10.4 Å². The number of carbonyl (C=O) groups excluding carboxylic acids is 1. The minimum absolute atomic E-state index is 0.216. The molecule has 0 saturated carbocycles. The predicted molar refractivity (Wildman–Crippen MR) is 90.8 cm³/mol. The van der Waals surface area contributed by atoms with Gasteiger partial charge in [-0.1, -0.05) is 42.5 Å². The zero-order chi connectivity index (χ0) is 16.9. The molecule has 120 valence electrons. The van der Waals surface area contributed by atoms with Crippen LogP contribution in [0.3, 0.4) is 0 Å². The van der Waals surface area contributed by atoms with E-state index in [-0.39, 0.29) is 6.42 Å². The number of hydrogen-bond acceptors (Lipinski definition) is 3. The molecule has 2 aromatic carbocycles. The number of rotatable bonds is 5. The van der Waals surface area contributed by atoms with Crippen molar-refractivity contribution >= 4 is 22.6 Å². The molecule has 2 N–H and O–H groups in total. The Hall–Kier alpha value is -3.21. The van der Waals surface area contributed by atoms with Crippen LogP contribution in [0.1, 0.15) is 15.9 Å². The second-order valence-electron chi connectivity index (χ2n) is 5.44. The quantitative estimate of drug-likeness (QED) is 0.757.